The van der Waals surface area contributed by atoms with Crippen LogP contribution in [0.1, 0.15) is 9.67 Å². The van der Waals surface area contributed by atoms with Gasteiger partial charge in [-0.1, -0.05) is 23.2 Å². The lowest BCUT2D eigenvalue weighted by atomic mass is 9.92. The number of benzene rings is 1. The fourth-order valence-corrected chi connectivity index (χ4v) is 4.71. The number of fused-ring (bicyclic) bond motifs is 1. The van der Waals surface area contributed by atoms with Gasteiger partial charge in [0.05, 0.1) is 29.0 Å². The number of thiophene rings is 1. The first kappa shape index (κ1) is 19.3. The third-order valence-electron chi connectivity index (χ3n) is 4.05. The zero-order chi connectivity index (χ0) is 19.1. The van der Waals surface area contributed by atoms with Crippen molar-refractivity contribution < 1.29 is 23.5 Å². The van der Waals surface area contributed by atoms with E-state index in [-0.39, 0.29) is 58.3 Å². The van der Waals surface area contributed by atoms with E-state index in [0.29, 0.717) is 11.0 Å². The Labute approximate surface area is 162 Å². The summed E-state index contributed by atoms with van der Waals surface area (Å²) in [6.07, 6.45) is 0.633. The molecule has 0 saturated carbocycles. The number of hydrogen-bond acceptors (Lipinski definition) is 6. The second kappa shape index (κ2) is 7.28. The van der Waals surface area contributed by atoms with E-state index in [1.807, 2.05) is 0 Å². The number of carbonyl (C=O) groups is 2. The van der Waals surface area contributed by atoms with Gasteiger partial charge >= 0.3 is 0 Å². The number of amides is 1. The summed E-state index contributed by atoms with van der Waals surface area (Å²) in [6.45, 7) is 0.603. The zero-order valence-corrected chi connectivity index (χ0v) is 16.0. The van der Waals surface area contributed by atoms with Crippen LogP contribution in [-0.2, 0) is 9.53 Å². The van der Waals surface area contributed by atoms with E-state index in [9.17, 15) is 14.0 Å². The minimum Gasteiger partial charge on any atom is -0.495 e. The molecule has 0 atom stereocenters. The van der Waals surface area contributed by atoms with Gasteiger partial charge in [0.25, 0.3) is 5.91 Å². The Morgan fingerprint density at radius 3 is 2.77 bits per heavy atom. The molecule has 1 amide bonds. The number of halogens is 3. The Morgan fingerprint density at radius 2 is 2.15 bits per heavy atom. The Hall–Kier alpha value is -1.45. The molecule has 26 heavy (non-hydrogen) atoms. The second-order valence-electron chi connectivity index (χ2n) is 6.03. The van der Waals surface area contributed by atoms with Crippen molar-refractivity contribution in [1.82, 2.24) is 4.90 Å². The first-order chi connectivity index (χ1) is 12.3. The van der Waals surface area contributed by atoms with E-state index in [1.54, 1.807) is 0 Å². The normalized spacial score (nSPS) is 15.8. The summed E-state index contributed by atoms with van der Waals surface area (Å²) in [5.41, 5.74) is 5.37. The van der Waals surface area contributed by atoms with Crippen LogP contribution in [0.15, 0.2) is 6.07 Å². The Balaban J connectivity index is 1.84. The minimum absolute atomic E-state index is 0.0174. The fourth-order valence-electron chi connectivity index (χ4n) is 2.83. The molecule has 140 valence electrons. The van der Waals surface area contributed by atoms with Crippen molar-refractivity contribution in [1.29, 1.82) is 0 Å². The zero-order valence-electron chi connectivity index (χ0n) is 13.7. The molecule has 0 spiro atoms. The molecular weight excluding hydrogens is 406 g/mol. The van der Waals surface area contributed by atoms with Crippen LogP contribution in [0.4, 0.5) is 4.39 Å². The topological polar surface area (TPSA) is 81.9 Å². The summed E-state index contributed by atoms with van der Waals surface area (Å²) in [6, 6.07) is 1.14. The predicted molar refractivity (Wildman–Crippen MR) is 98.1 cm³/mol. The van der Waals surface area contributed by atoms with Gasteiger partial charge in [0.2, 0.25) is 0 Å². The molecule has 1 fully saturated rings. The SMILES string of the molecule is COc1cc(F)c2c(Cl)c(C(=O)N3CC(N)(COCC=O)C3)sc2c1Cl. The van der Waals surface area contributed by atoms with Crippen LogP contribution < -0.4 is 10.5 Å². The molecule has 1 aliphatic rings. The van der Waals surface area contributed by atoms with Crippen molar-refractivity contribution in [3.8, 4) is 5.75 Å². The monoisotopic (exact) mass is 420 g/mol. The number of nitrogens with zero attached hydrogens (tertiary/aromatic N) is 1. The Morgan fingerprint density at radius 1 is 1.46 bits per heavy atom. The van der Waals surface area contributed by atoms with Gasteiger partial charge in [0.15, 0.2) is 0 Å². The molecule has 1 aromatic carbocycles. The van der Waals surface area contributed by atoms with Gasteiger partial charge in [-0.05, 0) is 0 Å². The van der Waals surface area contributed by atoms with Crippen molar-refractivity contribution in [2.24, 2.45) is 5.73 Å². The maximum Gasteiger partial charge on any atom is 0.265 e. The third-order valence-corrected chi connectivity index (χ3v) is 6.22. The van der Waals surface area contributed by atoms with Gasteiger partial charge in [-0.25, -0.2) is 4.39 Å². The standard InChI is InChI=1S/C16H15Cl2FN2O4S/c1-24-9-4-8(19)10-12(18)14(26-13(10)11(9)17)15(23)21-5-16(20,6-21)7-25-3-2-22/h2,4H,3,5-7,20H2,1H3. The van der Waals surface area contributed by atoms with Gasteiger partial charge in [-0.3, -0.25) is 4.79 Å². The first-order valence-electron chi connectivity index (χ1n) is 7.55. The summed E-state index contributed by atoms with van der Waals surface area (Å²) in [4.78, 5) is 24.7. The van der Waals surface area contributed by atoms with Gasteiger partial charge in [0.1, 0.15) is 34.4 Å². The van der Waals surface area contributed by atoms with Crippen molar-refractivity contribution >= 4 is 56.8 Å². The number of hydrogen-bond donors (Lipinski definition) is 1. The van der Waals surface area contributed by atoms with Crippen molar-refractivity contribution in [3.63, 3.8) is 0 Å². The van der Waals surface area contributed by atoms with Crippen LogP contribution in [0, 0.1) is 5.82 Å². The largest absolute Gasteiger partial charge is 0.495 e. The van der Waals surface area contributed by atoms with Crippen LogP contribution in [0.5, 0.6) is 5.75 Å². The van der Waals surface area contributed by atoms with Gasteiger partial charge in [-0.15, -0.1) is 11.3 Å². The number of likely N-dealkylation sites (tertiary alicyclic amines) is 1. The average Bonchev–Trinajstić information content (AvgIpc) is 2.93. The molecule has 1 aromatic heterocycles. The van der Waals surface area contributed by atoms with E-state index >= 15 is 0 Å². The lowest BCUT2D eigenvalue weighted by Crippen LogP contribution is -2.70. The third kappa shape index (κ3) is 3.27. The molecule has 0 radical (unpaired) electrons. The van der Waals surface area contributed by atoms with E-state index in [2.05, 4.69) is 0 Å². The highest BCUT2D eigenvalue weighted by molar-refractivity contribution is 7.22. The molecular formula is C16H15Cl2FN2O4S. The van der Waals surface area contributed by atoms with E-state index < -0.39 is 11.4 Å². The molecule has 2 N–H and O–H groups in total. The van der Waals surface area contributed by atoms with Crippen LogP contribution in [0.3, 0.4) is 0 Å². The molecule has 1 aliphatic heterocycles. The fraction of sp³-hybridized carbons (Fsp3) is 0.375. The van der Waals surface area contributed by atoms with Gasteiger partial charge < -0.3 is 24.9 Å². The minimum atomic E-state index is -0.714. The molecule has 0 unspecified atom stereocenters. The van der Waals surface area contributed by atoms with Crippen LogP contribution in [-0.4, -0.2) is 56.0 Å². The Bertz CT molecular complexity index is 883. The van der Waals surface area contributed by atoms with E-state index in [1.165, 1.54) is 12.0 Å². The lowest BCUT2D eigenvalue weighted by Gasteiger charge is -2.47. The van der Waals surface area contributed by atoms with Crippen LogP contribution >= 0.6 is 34.5 Å². The number of methoxy groups -OCH3 is 1. The van der Waals surface area contributed by atoms with Crippen LogP contribution in [0.2, 0.25) is 10.0 Å². The predicted octanol–water partition coefficient (Wildman–Crippen LogP) is 2.72. The lowest BCUT2D eigenvalue weighted by molar-refractivity contribution is -0.113. The molecule has 2 heterocycles. The van der Waals surface area contributed by atoms with Crippen molar-refractivity contribution in [2.45, 2.75) is 5.54 Å². The number of nitrogens with two attached hydrogens (primary N) is 1. The number of carbonyl (C=O) groups excluding carboxylic acids is 2. The van der Waals surface area contributed by atoms with Gasteiger partial charge in [-0.2, -0.15) is 0 Å². The average molecular weight is 421 g/mol. The summed E-state index contributed by atoms with van der Waals surface area (Å²) in [7, 11) is 1.38. The number of rotatable bonds is 6. The first-order valence-corrected chi connectivity index (χ1v) is 9.12. The highest BCUT2D eigenvalue weighted by Gasteiger charge is 2.43. The highest BCUT2D eigenvalue weighted by atomic mass is 35.5. The molecule has 6 nitrogen and oxygen atoms in total. The maximum absolute atomic E-state index is 14.3. The molecule has 1 saturated heterocycles. The van der Waals surface area contributed by atoms with Crippen LogP contribution in [0.25, 0.3) is 10.1 Å². The summed E-state index contributed by atoms with van der Waals surface area (Å²) in [5, 5.41) is 0.317. The van der Waals surface area contributed by atoms with Crippen molar-refractivity contribution in [2.75, 3.05) is 33.4 Å². The Kier molecular flexibility index (Phi) is 5.41. The molecule has 3 rings (SSSR count). The summed E-state index contributed by atoms with van der Waals surface area (Å²) < 4.78 is 24.8. The molecule has 0 bridgehead atoms. The van der Waals surface area contributed by atoms with Crippen molar-refractivity contribution in [3.05, 3.63) is 26.8 Å². The number of ether oxygens (including phenoxy) is 2. The highest BCUT2D eigenvalue weighted by Crippen LogP contribution is 2.45. The smallest absolute Gasteiger partial charge is 0.265 e. The summed E-state index contributed by atoms with van der Waals surface area (Å²) >= 11 is 13.5. The number of aldehydes is 1. The second-order valence-corrected chi connectivity index (χ2v) is 7.81. The van der Waals surface area contributed by atoms with E-state index in [4.69, 9.17) is 38.4 Å². The molecule has 2 aromatic rings. The van der Waals surface area contributed by atoms with Gasteiger partial charge in [0, 0.05) is 24.5 Å². The summed E-state index contributed by atoms with van der Waals surface area (Å²) in [5.74, 6) is -0.798. The molecule has 10 heteroatoms. The quantitative estimate of drug-likeness (QED) is 0.573. The van der Waals surface area contributed by atoms with E-state index in [0.717, 1.165) is 17.4 Å². The molecule has 0 aliphatic carbocycles. The maximum atomic E-state index is 14.3.